The maximum atomic E-state index is 14.6. The molecule has 0 aliphatic carbocycles. The highest BCUT2D eigenvalue weighted by Crippen LogP contribution is 2.30. The fourth-order valence-corrected chi connectivity index (χ4v) is 4.08. The molecule has 0 atom stereocenters. The molecular formula is C26H24FN7O3. The Morgan fingerprint density at radius 3 is 2.78 bits per heavy atom. The van der Waals surface area contributed by atoms with Gasteiger partial charge in [-0.2, -0.15) is 0 Å². The van der Waals surface area contributed by atoms with Gasteiger partial charge in [0.15, 0.2) is 11.6 Å². The van der Waals surface area contributed by atoms with Crippen LogP contribution >= 0.6 is 0 Å². The summed E-state index contributed by atoms with van der Waals surface area (Å²) in [6.07, 6.45) is 7.86. The normalized spacial score (nSPS) is 11.1. The van der Waals surface area contributed by atoms with E-state index < -0.39 is 10.7 Å². The number of halogens is 1. The van der Waals surface area contributed by atoms with Crippen molar-refractivity contribution in [3.63, 3.8) is 0 Å². The summed E-state index contributed by atoms with van der Waals surface area (Å²) in [6.45, 7) is 0.879. The summed E-state index contributed by atoms with van der Waals surface area (Å²) in [7, 11) is 1.99. The summed E-state index contributed by atoms with van der Waals surface area (Å²) < 4.78 is 23.9. The molecule has 0 spiro atoms. The lowest BCUT2D eigenvalue weighted by Crippen LogP contribution is -2.03. The van der Waals surface area contributed by atoms with Crippen molar-refractivity contribution in [1.82, 2.24) is 24.1 Å². The first-order valence-corrected chi connectivity index (χ1v) is 11.7. The number of aromatic nitrogens is 5. The van der Waals surface area contributed by atoms with E-state index in [2.05, 4.69) is 37.0 Å². The third-order valence-electron chi connectivity index (χ3n) is 5.89. The fourth-order valence-electron chi connectivity index (χ4n) is 4.08. The largest absolute Gasteiger partial charge is 0.491 e. The molecule has 5 aromatic rings. The fraction of sp³-hybridized carbons (Fsp3) is 0.192. The second-order valence-electron chi connectivity index (χ2n) is 8.49. The predicted octanol–water partition coefficient (Wildman–Crippen LogP) is 5.48. The molecule has 3 heterocycles. The molecule has 2 aromatic carbocycles. The van der Waals surface area contributed by atoms with E-state index in [1.165, 1.54) is 18.6 Å². The number of benzene rings is 2. The summed E-state index contributed by atoms with van der Waals surface area (Å²) in [5.74, 6) is -0.175. The quantitative estimate of drug-likeness (QED) is 0.153. The Bertz CT molecular complexity index is 1560. The highest BCUT2D eigenvalue weighted by Gasteiger charge is 2.12. The number of nitrogens with zero attached hydrogens (tertiary/aromatic N) is 6. The topological polar surface area (TPSA) is 113 Å². The lowest BCUT2D eigenvalue weighted by molar-refractivity contribution is -0.389. The van der Waals surface area contributed by atoms with Crippen LogP contribution in [0.2, 0.25) is 0 Å². The highest BCUT2D eigenvalue weighted by atomic mass is 19.1. The monoisotopic (exact) mass is 501 g/mol. The highest BCUT2D eigenvalue weighted by molar-refractivity contribution is 5.95. The Kier molecular flexibility index (Phi) is 6.75. The number of nitro groups is 1. The molecule has 11 heteroatoms. The Morgan fingerprint density at radius 2 is 1.97 bits per heavy atom. The van der Waals surface area contributed by atoms with Crippen LogP contribution in [0.4, 0.5) is 21.8 Å². The van der Waals surface area contributed by atoms with Crippen molar-refractivity contribution >= 4 is 28.4 Å². The van der Waals surface area contributed by atoms with Crippen LogP contribution in [0.25, 0.3) is 22.2 Å². The molecule has 0 fully saturated rings. The van der Waals surface area contributed by atoms with Crippen LogP contribution in [0.1, 0.15) is 12.8 Å². The minimum absolute atomic E-state index is 0.147. The van der Waals surface area contributed by atoms with Gasteiger partial charge in [-0.05, 0) is 47.0 Å². The SMILES string of the molecule is Cn1cc(-c2ccnc(Nc3ccc(OCCCCn4cnc([N+](=O)[O-])c4)c(F)c3)n2)c2ccccc21. The number of hydrogen-bond acceptors (Lipinski definition) is 7. The molecule has 0 aliphatic rings. The summed E-state index contributed by atoms with van der Waals surface area (Å²) in [5.41, 5.74) is 3.36. The number of ether oxygens (including phenoxy) is 1. The molecular weight excluding hydrogens is 477 g/mol. The third-order valence-corrected chi connectivity index (χ3v) is 5.89. The van der Waals surface area contributed by atoms with Crippen LogP contribution in [0.15, 0.2) is 73.4 Å². The Morgan fingerprint density at radius 1 is 1.11 bits per heavy atom. The molecule has 0 unspecified atom stereocenters. The van der Waals surface area contributed by atoms with Gasteiger partial charge in [0.05, 0.1) is 12.3 Å². The Balaban J connectivity index is 1.18. The minimum atomic E-state index is -0.533. The van der Waals surface area contributed by atoms with Crippen molar-refractivity contribution in [2.75, 3.05) is 11.9 Å². The zero-order chi connectivity index (χ0) is 25.8. The zero-order valence-corrected chi connectivity index (χ0v) is 20.0. The van der Waals surface area contributed by atoms with Crippen LogP contribution in [0.5, 0.6) is 5.75 Å². The van der Waals surface area contributed by atoms with Gasteiger partial charge in [-0.1, -0.05) is 18.2 Å². The van der Waals surface area contributed by atoms with E-state index in [-0.39, 0.29) is 11.6 Å². The van der Waals surface area contributed by atoms with E-state index in [0.717, 1.165) is 22.2 Å². The van der Waals surface area contributed by atoms with Gasteiger partial charge in [-0.3, -0.25) is 0 Å². The van der Waals surface area contributed by atoms with Gasteiger partial charge >= 0.3 is 5.82 Å². The van der Waals surface area contributed by atoms with Crippen LogP contribution in [0, 0.1) is 15.9 Å². The van der Waals surface area contributed by atoms with Gasteiger partial charge < -0.3 is 29.3 Å². The van der Waals surface area contributed by atoms with Gasteiger partial charge in [0.1, 0.15) is 6.20 Å². The van der Waals surface area contributed by atoms with E-state index in [9.17, 15) is 14.5 Å². The molecule has 0 amide bonds. The van der Waals surface area contributed by atoms with Crippen molar-refractivity contribution in [2.24, 2.45) is 7.05 Å². The minimum Gasteiger partial charge on any atom is -0.491 e. The van der Waals surface area contributed by atoms with Gasteiger partial charge in [0, 0.05) is 54.2 Å². The Labute approximate surface area is 211 Å². The first-order valence-electron chi connectivity index (χ1n) is 11.7. The average molecular weight is 502 g/mol. The van der Waals surface area contributed by atoms with Crippen molar-refractivity contribution in [1.29, 1.82) is 0 Å². The van der Waals surface area contributed by atoms with Crippen LogP contribution in [-0.2, 0) is 13.6 Å². The number of para-hydroxylation sites is 1. The number of nitrogens with one attached hydrogen (secondary N) is 1. The molecule has 0 bridgehead atoms. The van der Waals surface area contributed by atoms with Gasteiger partial charge in [0.25, 0.3) is 0 Å². The van der Waals surface area contributed by atoms with E-state index in [1.807, 2.05) is 31.4 Å². The van der Waals surface area contributed by atoms with Crippen molar-refractivity contribution < 1.29 is 14.1 Å². The Hall–Kier alpha value is -4.80. The maximum Gasteiger partial charge on any atom is 0.381 e. The standard InChI is InChI=1S/C26H24FN7O3/c1-32-15-20(19-6-2-3-7-23(19)32)22-10-11-28-26(31-22)30-18-8-9-24(21(27)14-18)37-13-5-4-12-33-16-25(29-17-33)34(35)36/h2-3,6-11,14-17H,4-5,12-13H2,1H3,(H,28,30,31). The predicted molar refractivity (Wildman–Crippen MR) is 137 cm³/mol. The van der Waals surface area contributed by atoms with Crippen molar-refractivity contribution in [3.8, 4) is 17.0 Å². The molecule has 0 saturated heterocycles. The van der Waals surface area contributed by atoms with Gasteiger partial charge in [-0.15, -0.1) is 0 Å². The van der Waals surface area contributed by atoms with Crippen LogP contribution in [-0.4, -0.2) is 35.6 Å². The number of anilines is 2. The lowest BCUT2D eigenvalue weighted by atomic mass is 10.1. The first-order chi connectivity index (χ1) is 18.0. The van der Waals surface area contributed by atoms with Crippen molar-refractivity contribution in [3.05, 3.63) is 89.4 Å². The summed E-state index contributed by atoms with van der Waals surface area (Å²) in [6, 6.07) is 14.6. The molecule has 5 rings (SSSR count). The average Bonchev–Trinajstić information content (AvgIpc) is 3.50. The molecule has 37 heavy (non-hydrogen) atoms. The number of hydrogen-bond donors (Lipinski definition) is 1. The molecule has 0 aliphatic heterocycles. The number of unbranched alkanes of at least 4 members (excludes halogenated alkanes) is 1. The van der Waals surface area contributed by atoms with E-state index in [4.69, 9.17) is 4.74 Å². The molecule has 188 valence electrons. The van der Waals surface area contributed by atoms with Gasteiger partial charge in [0.2, 0.25) is 12.3 Å². The van der Waals surface area contributed by atoms with E-state index >= 15 is 0 Å². The molecule has 3 aromatic heterocycles. The van der Waals surface area contributed by atoms with Crippen LogP contribution < -0.4 is 10.1 Å². The second kappa shape index (κ2) is 10.4. The number of imidazole rings is 1. The molecule has 0 saturated carbocycles. The molecule has 0 radical (unpaired) electrons. The van der Waals surface area contributed by atoms with Crippen LogP contribution in [0.3, 0.4) is 0 Å². The van der Waals surface area contributed by atoms with E-state index in [1.54, 1.807) is 22.9 Å². The van der Waals surface area contributed by atoms with E-state index in [0.29, 0.717) is 37.6 Å². The smallest absolute Gasteiger partial charge is 0.381 e. The van der Waals surface area contributed by atoms with Crippen molar-refractivity contribution in [2.45, 2.75) is 19.4 Å². The number of aryl methyl sites for hydroxylation is 2. The van der Waals surface area contributed by atoms with Gasteiger partial charge in [-0.25, -0.2) is 14.4 Å². The second-order valence-corrected chi connectivity index (χ2v) is 8.49. The number of rotatable bonds is 10. The summed E-state index contributed by atoms with van der Waals surface area (Å²) >= 11 is 0. The zero-order valence-electron chi connectivity index (χ0n) is 20.0. The summed E-state index contributed by atoms with van der Waals surface area (Å²) in [5, 5.41) is 14.8. The maximum absolute atomic E-state index is 14.6. The summed E-state index contributed by atoms with van der Waals surface area (Å²) in [4.78, 5) is 22.8. The first kappa shape index (κ1) is 23.9. The number of fused-ring (bicyclic) bond motifs is 1. The third kappa shape index (κ3) is 5.40. The molecule has 10 nitrogen and oxygen atoms in total. The lowest BCUT2D eigenvalue weighted by Gasteiger charge is -2.10. The molecule has 1 N–H and O–H groups in total.